The van der Waals surface area contributed by atoms with E-state index in [4.69, 9.17) is 11.0 Å². The first-order valence-electron chi connectivity index (χ1n) is 7.01. The van der Waals surface area contributed by atoms with Crippen molar-refractivity contribution in [2.45, 2.75) is 13.8 Å². The molecule has 0 aliphatic rings. The number of nitrogens with one attached hydrogen (secondary N) is 1. The summed E-state index contributed by atoms with van der Waals surface area (Å²) in [5, 5.41) is 11.0. The van der Waals surface area contributed by atoms with E-state index in [1.807, 2.05) is 54.1 Å². The molecule has 122 valence electrons. The third kappa shape index (κ3) is 3.83. The fraction of sp³-hybridized carbons (Fsp3) is 0.118. The largest absolute Gasteiger partial charge is 0.351 e. The van der Waals surface area contributed by atoms with Gasteiger partial charge in [-0.15, -0.1) is 0 Å². The maximum atomic E-state index is 11.8. The van der Waals surface area contributed by atoms with Crippen LogP contribution in [0, 0.1) is 28.7 Å². The Hall–Kier alpha value is -2.60. The average molecular weight is 434 g/mol. The van der Waals surface area contributed by atoms with Crippen LogP contribution in [0.3, 0.4) is 0 Å². The Bertz CT molecular complexity index is 890. The molecule has 0 fully saturated rings. The fourth-order valence-corrected chi connectivity index (χ4v) is 2.96. The topological polar surface area (TPSA) is 101 Å². The molecule has 3 amide bonds. The number of hydrogen-bond donors (Lipinski definition) is 2. The zero-order valence-corrected chi connectivity index (χ0v) is 15.3. The van der Waals surface area contributed by atoms with Crippen LogP contribution in [0.15, 0.2) is 35.9 Å². The van der Waals surface area contributed by atoms with Crippen molar-refractivity contribution in [2.24, 2.45) is 5.73 Å². The summed E-state index contributed by atoms with van der Waals surface area (Å²) < 4.78 is 3.14. The minimum atomic E-state index is -0.995. The maximum Gasteiger partial charge on any atom is 0.319 e. The highest BCUT2D eigenvalue weighted by Crippen LogP contribution is 2.23. The molecule has 6 nitrogen and oxygen atoms in total. The minimum Gasteiger partial charge on any atom is -0.351 e. The number of aromatic nitrogens is 1. The van der Waals surface area contributed by atoms with E-state index in [0.717, 1.165) is 26.2 Å². The molecule has 0 radical (unpaired) electrons. The number of aryl methyl sites for hydroxylation is 1. The van der Waals surface area contributed by atoms with Gasteiger partial charge >= 0.3 is 6.03 Å². The van der Waals surface area contributed by atoms with Crippen molar-refractivity contribution in [1.82, 2.24) is 9.88 Å². The Morgan fingerprint density at radius 1 is 1.33 bits per heavy atom. The van der Waals surface area contributed by atoms with Gasteiger partial charge in [-0.1, -0.05) is 6.07 Å². The third-order valence-corrected chi connectivity index (χ3v) is 4.11. The molecule has 0 spiro atoms. The van der Waals surface area contributed by atoms with Crippen LogP contribution in [0.1, 0.15) is 17.0 Å². The van der Waals surface area contributed by atoms with Crippen LogP contribution in [-0.2, 0) is 4.79 Å². The number of benzene rings is 1. The van der Waals surface area contributed by atoms with Gasteiger partial charge in [-0.05, 0) is 72.3 Å². The first kappa shape index (κ1) is 17.7. The molecular formula is C17H15IN4O2. The summed E-state index contributed by atoms with van der Waals surface area (Å²) in [6.45, 7) is 3.85. The van der Waals surface area contributed by atoms with Crippen LogP contribution in [0.5, 0.6) is 0 Å². The quantitative estimate of drug-likeness (QED) is 0.441. The highest BCUT2D eigenvalue weighted by Gasteiger charge is 2.14. The van der Waals surface area contributed by atoms with Crippen molar-refractivity contribution < 1.29 is 9.59 Å². The number of urea groups is 1. The Morgan fingerprint density at radius 2 is 2.04 bits per heavy atom. The highest BCUT2D eigenvalue weighted by atomic mass is 127. The van der Waals surface area contributed by atoms with Crippen LogP contribution >= 0.6 is 22.6 Å². The van der Waals surface area contributed by atoms with Crippen molar-refractivity contribution in [2.75, 3.05) is 0 Å². The second-order valence-corrected chi connectivity index (χ2v) is 6.38. The number of carbonyl (C=O) groups excluding carboxylic acids is 2. The second-order valence-electron chi connectivity index (χ2n) is 5.13. The highest BCUT2D eigenvalue weighted by molar-refractivity contribution is 14.1. The van der Waals surface area contributed by atoms with Crippen molar-refractivity contribution in [1.29, 1.82) is 5.26 Å². The number of carbonyl (C=O) groups is 2. The maximum absolute atomic E-state index is 11.8. The van der Waals surface area contributed by atoms with Crippen molar-refractivity contribution in [3.05, 3.63) is 56.4 Å². The number of halogens is 1. The van der Waals surface area contributed by atoms with Gasteiger partial charge in [0.15, 0.2) is 0 Å². The number of nitriles is 1. The first-order valence-corrected chi connectivity index (χ1v) is 8.09. The first-order chi connectivity index (χ1) is 11.3. The van der Waals surface area contributed by atoms with E-state index in [-0.39, 0.29) is 5.57 Å². The Balaban J connectivity index is 2.48. The van der Waals surface area contributed by atoms with Gasteiger partial charge in [0.25, 0.3) is 5.91 Å². The summed E-state index contributed by atoms with van der Waals surface area (Å²) in [4.78, 5) is 22.6. The Morgan fingerprint density at radius 3 is 2.62 bits per heavy atom. The van der Waals surface area contributed by atoms with Crippen LogP contribution in [0.4, 0.5) is 4.79 Å². The van der Waals surface area contributed by atoms with Gasteiger partial charge in [-0.2, -0.15) is 5.26 Å². The monoisotopic (exact) mass is 434 g/mol. The molecule has 1 heterocycles. The van der Waals surface area contributed by atoms with Crippen LogP contribution < -0.4 is 11.1 Å². The zero-order chi connectivity index (χ0) is 17.9. The smallest absolute Gasteiger partial charge is 0.319 e. The lowest BCUT2D eigenvalue weighted by molar-refractivity contribution is -0.115. The minimum absolute atomic E-state index is 0.184. The number of nitrogens with two attached hydrogens (primary N) is 1. The summed E-state index contributed by atoms with van der Waals surface area (Å²) in [5.74, 6) is -0.816. The SMILES string of the molecule is Cc1cc(/C=C(/C#N)C(=O)NC(N)=O)c(C)n1-c1cccc(I)c1. The van der Waals surface area contributed by atoms with E-state index >= 15 is 0 Å². The molecule has 0 aliphatic carbocycles. The van der Waals surface area contributed by atoms with Crippen LogP contribution in [0.2, 0.25) is 0 Å². The van der Waals surface area contributed by atoms with E-state index in [9.17, 15) is 9.59 Å². The molecule has 7 heteroatoms. The molecule has 2 aromatic rings. The Kier molecular flexibility index (Phi) is 5.41. The molecule has 0 saturated carbocycles. The van der Waals surface area contributed by atoms with E-state index in [0.29, 0.717) is 0 Å². The number of hydrogen-bond acceptors (Lipinski definition) is 3. The molecule has 0 saturated heterocycles. The molecule has 0 atom stereocenters. The van der Waals surface area contributed by atoms with Gasteiger partial charge in [0.2, 0.25) is 0 Å². The molecule has 0 bridgehead atoms. The van der Waals surface area contributed by atoms with Crippen molar-refractivity contribution in [3.63, 3.8) is 0 Å². The van der Waals surface area contributed by atoms with Crippen LogP contribution in [0.25, 0.3) is 11.8 Å². The molecule has 3 N–H and O–H groups in total. The van der Waals surface area contributed by atoms with Gasteiger partial charge in [-0.3, -0.25) is 10.1 Å². The normalized spacial score (nSPS) is 11.0. The van der Waals surface area contributed by atoms with Crippen LogP contribution in [-0.4, -0.2) is 16.5 Å². The predicted octanol–water partition coefficient (Wildman–Crippen LogP) is 2.80. The average Bonchev–Trinajstić information content (AvgIpc) is 2.78. The molecule has 1 aromatic carbocycles. The summed E-state index contributed by atoms with van der Waals surface area (Å²) in [6, 6.07) is 10.7. The van der Waals surface area contributed by atoms with Crippen molar-refractivity contribution >= 4 is 40.6 Å². The third-order valence-electron chi connectivity index (χ3n) is 3.44. The molecule has 0 aliphatic heterocycles. The van der Waals surface area contributed by atoms with E-state index in [2.05, 4.69) is 22.6 Å². The summed E-state index contributed by atoms with van der Waals surface area (Å²) in [7, 11) is 0. The lowest BCUT2D eigenvalue weighted by atomic mass is 10.1. The standard InChI is InChI=1S/C17H15IN4O2/c1-10-6-12(7-13(9-19)16(23)21-17(20)24)11(2)22(10)15-5-3-4-14(18)8-15/h3-8H,1-2H3,(H3,20,21,23,24)/b13-7-. The van der Waals surface area contributed by atoms with Gasteiger partial charge < -0.3 is 10.3 Å². The molecule has 1 aromatic heterocycles. The molecule has 2 rings (SSSR count). The van der Waals surface area contributed by atoms with E-state index < -0.39 is 11.9 Å². The van der Waals surface area contributed by atoms with Gasteiger partial charge in [0.1, 0.15) is 11.6 Å². The zero-order valence-electron chi connectivity index (χ0n) is 13.1. The molecule has 24 heavy (non-hydrogen) atoms. The molecular weight excluding hydrogens is 419 g/mol. The number of primary amides is 1. The summed E-state index contributed by atoms with van der Waals surface area (Å²) >= 11 is 2.24. The summed E-state index contributed by atoms with van der Waals surface area (Å²) in [6.07, 6.45) is 1.45. The predicted molar refractivity (Wildman–Crippen MR) is 99.3 cm³/mol. The Labute approximate surface area is 153 Å². The lowest BCUT2D eigenvalue weighted by Gasteiger charge is -2.10. The lowest BCUT2D eigenvalue weighted by Crippen LogP contribution is -2.35. The second kappa shape index (κ2) is 7.31. The summed E-state index contributed by atoms with van der Waals surface area (Å²) in [5.41, 5.74) is 8.30. The number of nitrogens with zero attached hydrogens (tertiary/aromatic N) is 2. The number of imide groups is 1. The van der Waals surface area contributed by atoms with Crippen molar-refractivity contribution in [3.8, 4) is 11.8 Å². The van der Waals surface area contributed by atoms with Gasteiger partial charge in [-0.25, -0.2) is 4.79 Å². The number of amides is 3. The van der Waals surface area contributed by atoms with Gasteiger partial charge in [0.05, 0.1) is 0 Å². The fourth-order valence-electron chi connectivity index (χ4n) is 2.43. The number of rotatable bonds is 3. The molecule has 0 unspecified atom stereocenters. The van der Waals surface area contributed by atoms with E-state index in [1.165, 1.54) is 6.08 Å². The van der Waals surface area contributed by atoms with Gasteiger partial charge in [0, 0.05) is 20.6 Å². The van der Waals surface area contributed by atoms with E-state index in [1.54, 1.807) is 6.07 Å².